The molecule has 4 heterocycles. The van der Waals surface area contributed by atoms with Crippen LogP contribution in [0.1, 0.15) is 25.8 Å². The van der Waals surface area contributed by atoms with Gasteiger partial charge in [0, 0.05) is 44.5 Å². The van der Waals surface area contributed by atoms with Crippen molar-refractivity contribution in [1.82, 2.24) is 14.3 Å². The lowest BCUT2D eigenvalue weighted by molar-refractivity contribution is 0.00439. The third-order valence-electron chi connectivity index (χ3n) is 7.56. The molecule has 2 fully saturated rings. The van der Waals surface area contributed by atoms with E-state index < -0.39 is 21.7 Å². The summed E-state index contributed by atoms with van der Waals surface area (Å²) in [6, 6.07) is 14.2. The topological polar surface area (TPSA) is 119 Å². The zero-order chi connectivity index (χ0) is 27.1. The Bertz CT molecular complexity index is 1370. The molecular formula is C28H35N5O4S. The number of aliphatic hydroxyl groups excluding tert-OH is 1. The molecule has 202 valence electrons. The van der Waals surface area contributed by atoms with Crippen molar-refractivity contribution in [3.05, 3.63) is 66.5 Å². The molecule has 38 heavy (non-hydrogen) atoms. The van der Waals surface area contributed by atoms with Crippen molar-refractivity contribution in [1.29, 1.82) is 0 Å². The van der Waals surface area contributed by atoms with Gasteiger partial charge in [0.1, 0.15) is 11.6 Å². The van der Waals surface area contributed by atoms with E-state index in [1.54, 1.807) is 36.7 Å². The molecule has 0 spiro atoms. The van der Waals surface area contributed by atoms with Crippen LogP contribution in [0.5, 0.6) is 0 Å². The van der Waals surface area contributed by atoms with E-state index >= 15 is 0 Å². The highest BCUT2D eigenvalue weighted by atomic mass is 32.2. The highest BCUT2D eigenvalue weighted by Crippen LogP contribution is 2.32. The van der Waals surface area contributed by atoms with Gasteiger partial charge in [-0.2, -0.15) is 4.31 Å². The molecule has 2 aliphatic heterocycles. The molecule has 5 rings (SSSR count). The Morgan fingerprint density at radius 2 is 1.74 bits per heavy atom. The van der Waals surface area contributed by atoms with E-state index in [2.05, 4.69) is 20.2 Å². The molecule has 2 atom stereocenters. The maximum absolute atomic E-state index is 13.3. The largest absolute Gasteiger partial charge is 0.390 e. The van der Waals surface area contributed by atoms with Crippen molar-refractivity contribution in [2.45, 2.75) is 49.8 Å². The summed E-state index contributed by atoms with van der Waals surface area (Å²) in [4.78, 5) is 11.1. The second-order valence-electron chi connectivity index (χ2n) is 10.9. The van der Waals surface area contributed by atoms with Crippen LogP contribution in [0.4, 0.5) is 11.6 Å². The SMILES string of the molecule is Cc1ccc(N[C@@H]2CCN(S(=O)(=O)c3ccc(-c4ccnc(N5CC(C(C)(C)O)C5)c4)cc3)C[C@@H]2O)nc1. The molecule has 0 radical (unpaired) electrons. The number of aromatic nitrogens is 2. The molecular weight excluding hydrogens is 502 g/mol. The van der Waals surface area contributed by atoms with Crippen LogP contribution < -0.4 is 10.2 Å². The van der Waals surface area contributed by atoms with Crippen LogP contribution in [0, 0.1) is 12.8 Å². The summed E-state index contributed by atoms with van der Waals surface area (Å²) >= 11 is 0. The lowest BCUT2D eigenvalue weighted by Crippen LogP contribution is -2.56. The maximum Gasteiger partial charge on any atom is 0.243 e. The monoisotopic (exact) mass is 537 g/mol. The van der Waals surface area contributed by atoms with Gasteiger partial charge in [-0.05, 0) is 74.2 Å². The Hall–Kier alpha value is -3.05. The van der Waals surface area contributed by atoms with Crippen LogP contribution in [-0.4, -0.2) is 76.8 Å². The lowest BCUT2D eigenvalue weighted by Gasteiger charge is -2.45. The number of hydrogen-bond acceptors (Lipinski definition) is 8. The summed E-state index contributed by atoms with van der Waals surface area (Å²) in [5.74, 6) is 1.71. The average Bonchev–Trinajstić information content (AvgIpc) is 2.85. The number of aryl methyl sites for hydroxylation is 1. The van der Waals surface area contributed by atoms with E-state index in [0.29, 0.717) is 18.8 Å². The van der Waals surface area contributed by atoms with E-state index in [-0.39, 0.29) is 23.4 Å². The summed E-state index contributed by atoms with van der Waals surface area (Å²) in [6.45, 7) is 7.43. The van der Waals surface area contributed by atoms with Crippen LogP contribution in [0.3, 0.4) is 0 Å². The highest BCUT2D eigenvalue weighted by Gasteiger charge is 2.38. The molecule has 1 aromatic carbocycles. The van der Waals surface area contributed by atoms with Gasteiger partial charge < -0.3 is 20.4 Å². The molecule has 0 unspecified atom stereocenters. The van der Waals surface area contributed by atoms with Crippen LogP contribution >= 0.6 is 0 Å². The number of aliphatic hydroxyl groups is 2. The number of piperidine rings is 1. The fourth-order valence-electron chi connectivity index (χ4n) is 4.88. The van der Waals surface area contributed by atoms with Gasteiger partial charge in [0.25, 0.3) is 0 Å². The normalized spacial score (nSPS) is 21.2. The second kappa shape index (κ2) is 10.3. The molecule has 2 aliphatic rings. The van der Waals surface area contributed by atoms with E-state index in [1.165, 1.54) is 4.31 Å². The van der Waals surface area contributed by atoms with Gasteiger partial charge in [0.05, 0.1) is 22.6 Å². The van der Waals surface area contributed by atoms with E-state index in [1.807, 2.05) is 45.0 Å². The molecule has 0 saturated carbocycles. The number of pyridine rings is 2. The number of benzene rings is 1. The van der Waals surface area contributed by atoms with E-state index in [0.717, 1.165) is 35.6 Å². The van der Waals surface area contributed by atoms with Gasteiger partial charge in [-0.1, -0.05) is 18.2 Å². The Balaban J connectivity index is 1.23. The predicted molar refractivity (Wildman–Crippen MR) is 147 cm³/mol. The zero-order valence-corrected chi connectivity index (χ0v) is 22.8. The van der Waals surface area contributed by atoms with E-state index in [9.17, 15) is 18.6 Å². The number of β-amino-alcohol motifs (C(OH)–C–C–N with tert-alkyl or cyclic N) is 1. The van der Waals surface area contributed by atoms with Crippen molar-refractivity contribution < 1.29 is 18.6 Å². The number of nitrogens with one attached hydrogen (secondary N) is 1. The Morgan fingerprint density at radius 3 is 2.37 bits per heavy atom. The van der Waals surface area contributed by atoms with Gasteiger partial charge >= 0.3 is 0 Å². The lowest BCUT2D eigenvalue weighted by atomic mass is 9.84. The Morgan fingerprint density at radius 1 is 1.00 bits per heavy atom. The van der Waals surface area contributed by atoms with Crippen molar-refractivity contribution in [3.8, 4) is 11.1 Å². The van der Waals surface area contributed by atoms with Crippen LogP contribution in [0.15, 0.2) is 65.8 Å². The van der Waals surface area contributed by atoms with Gasteiger partial charge in [0.15, 0.2) is 0 Å². The molecule has 10 heteroatoms. The highest BCUT2D eigenvalue weighted by molar-refractivity contribution is 7.89. The van der Waals surface area contributed by atoms with Crippen LogP contribution in [-0.2, 0) is 10.0 Å². The quantitative estimate of drug-likeness (QED) is 0.421. The zero-order valence-electron chi connectivity index (χ0n) is 21.9. The van der Waals surface area contributed by atoms with Crippen molar-refractivity contribution in [3.63, 3.8) is 0 Å². The summed E-state index contributed by atoms with van der Waals surface area (Å²) < 4.78 is 28.0. The first-order chi connectivity index (χ1) is 18.0. The predicted octanol–water partition coefficient (Wildman–Crippen LogP) is 2.90. The first kappa shape index (κ1) is 26.6. The fraction of sp³-hybridized carbons (Fsp3) is 0.429. The van der Waals surface area contributed by atoms with Crippen molar-refractivity contribution in [2.24, 2.45) is 5.92 Å². The minimum absolute atomic E-state index is 0.0167. The summed E-state index contributed by atoms with van der Waals surface area (Å²) in [5, 5.41) is 24.1. The third-order valence-corrected chi connectivity index (χ3v) is 9.44. The molecule has 9 nitrogen and oxygen atoms in total. The number of anilines is 2. The average molecular weight is 538 g/mol. The van der Waals surface area contributed by atoms with E-state index in [4.69, 9.17) is 0 Å². The number of rotatable bonds is 7. The van der Waals surface area contributed by atoms with Crippen LogP contribution in [0.2, 0.25) is 0 Å². The molecule has 0 bridgehead atoms. The number of nitrogens with zero attached hydrogens (tertiary/aromatic N) is 4. The molecule has 0 amide bonds. The standard InChI is InChI=1S/C28H35N5O4S/c1-19-4-9-26(30-15-19)31-24-11-13-33(18-25(24)34)38(36,37)23-7-5-20(6-8-23)21-10-12-29-27(14-21)32-16-22(17-32)28(2,3)35/h4-10,12,14-15,22,24-25,34-35H,11,13,16-18H2,1-3H3,(H,30,31)/t24-,25+/m1/s1. The summed E-state index contributed by atoms with van der Waals surface area (Å²) in [6.07, 6.45) is 3.12. The van der Waals surface area contributed by atoms with Crippen molar-refractivity contribution >= 4 is 21.7 Å². The maximum atomic E-state index is 13.3. The van der Waals surface area contributed by atoms with Crippen molar-refractivity contribution in [2.75, 3.05) is 36.4 Å². The van der Waals surface area contributed by atoms with Gasteiger partial charge in [-0.3, -0.25) is 0 Å². The molecule has 2 saturated heterocycles. The molecule has 2 aromatic heterocycles. The molecule has 3 aromatic rings. The minimum Gasteiger partial charge on any atom is -0.390 e. The summed E-state index contributed by atoms with van der Waals surface area (Å²) in [5.41, 5.74) is 2.16. The molecule has 0 aliphatic carbocycles. The Kier molecular flexibility index (Phi) is 7.17. The van der Waals surface area contributed by atoms with Crippen LogP contribution in [0.25, 0.3) is 11.1 Å². The minimum atomic E-state index is -3.75. The third kappa shape index (κ3) is 5.54. The fourth-order valence-corrected chi connectivity index (χ4v) is 6.36. The van der Waals surface area contributed by atoms with Gasteiger partial charge in [-0.25, -0.2) is 18.4 Å². The Labute approximate surface area is 224 Å². The first-order valence-electron chi connectivity index (χ1n) is 12.9. The number of hydrogen-bond donors (Lipinski definition) is 3. The van der Waals surface area contributed by atoms with Gasteiger partial charge in [0.2, 0.25) is 10.0 Å². The smallest absolute Gasteiger partial charge is 0.243 e. The molecule has 3 N–H and O–H groups in total. The first-order valence-corrected chi connectivity index (χ1v) is 14.4. The van der Waals surface area contributed by atoms with Gasteiger partial charge in [-0.15, -0.1) is 0 Å². The summed E-state index contributed by atoms with van der Waals surface area (Å²) in [7, 11) is -3.75. The number of sulfonamides is 1. The second-order valence-corrected chi connectivity index (χ2v) is 12.8.